The highest BCUT2D eigenvalue weighted by molar-refractivity contribution is 7.98. The zero-order chi connectivity index (χ0) is 22.7. The third-order valence-corrected chi connectivity index (χ3v) is 6.46. The second-order valence-corrected chi connectivity index (χ2v) is 9.88. The Labute approximate surface area is 194 Å². The summed E-state index contributed by atoms with van der Waals surface area (Å²) in [5.74, 6) is 2.49. The summed E-state index contributed by atoms with van der Waals surface area (Å²) in [5.41, 5.74) is 5.99. The zero-order valence-electron chi connectivity index (χ0n) is 19.3. The van der Waals surface area contributed by atoms with Gasteiger partial charge in [-0.15, -0.1) is 10.2 Å². The monoisotopic (exact) mass is 443 g/mol. The first kappa shape index (κ1) is 22.2. The van der Waals surface area contributed by atoms with E-state index in [0.717, 1.165) is 33.7 Å². The second kappa shape index (κ2) is 9.21. The molecule has 0 saturated heterocycles. The summed E-state index contributed by atoms with van der Waals surface area (Å²) in [6, 6.07) is 25.3. The van der Waals surface area contributed by atoms with Crippen LogP contribution in [0.4, 0.5) is 0 Å². The van der Waals surface area contributed by atoms with Gasteiger partial charge in [-0.1, -0.05) is 86.6 Å². The Bertz CT molecular complexity index is 1170. The molecule has 4 aromatic rings. The van der Waals surface area contributed by atoms with E-state index >= 15 is 0 Å². The molecule has 0 aliphatic carbocycles. The molecule has 0 radical (unpaired) electrons. The van der Waals surface area contributed by atoms with Crippen LogP contribution in [-0.4, -0.2) is 21.9 Å². The molecule has 4 nitrogen and oxygen atoms in total. The van der Waals surface area contributed by atoms with Crippen LogP contribution < -0.4 is 4.74 Å². The lowest BCUT2D eigenvalue weighted by molar-refractivity contribution is 0.414. The van der Waals surface area contributed by atoms with Crippen molar-refractivity contribution in [2.75, 3.05) is 7.11 Å². The van der Waals surface area contributed by atoms with Crippen LogP contribution in [-0.2, 0) is 11.2 Å². The lowest BCUT2D eigenvalue weighted by Gasteiger charge is -2.19. The molecule has 0 N–H and O–H groups in total. The molecule has 0 aliphatic rings. The van der Waals surface area contributed by atoms with E-state index in [4.69, 9.17) is 4.74 Å². The van der Waals surface area contributed by atoms with Gasteiger partial charge in [-0.25, -0.2) is 0 Å². The molecular formula is C27H29N3OS. The molecule has 32 heavy (non-hydrogen) atoms. The summed E-state index contributed by atoms with van der Waals surface area (Å²) in [7, 11) is 1.68. The van der Waals surface area contributed by atoms with Crippen molar-refractivity contribution in [3.8, 4) is 22.8 Å². The van der Waals surface area contributed by atoms with Gasteiger partial charge in [-0.05, 0) is 47.7 Å². The topological polar surface area (TPSA) is 39.9 Å². The fourth-order valence-corrected chi connectivity index (χ4v) is 4.37. The smallest absolute Gasteiger partial charge is 0.196 e. The van der Waals surface area contributed by atoms with Gasteiger partial charge in [0.2, 0.25) is 0 Å². The molecule has 164 valence electrons. The van der Waals surface area contributed by atoms with E-state index in [1.807, 2.05) is 24.3 Å². The van der Waals surface area contributed by atoms with Crippen molar-refractivity contribution in [3.63, 3.8) is 0 Å². The van der Waals surface area contributed by atoms with Crippen molar-refractivity contribution >= 4 is 11.8 Å². The maximum atomic E-state index is 5.35. The number of aromatic nitrogens is 3. The van der Waals surface area contributed by atoms with Crippen LogP contribution in [0.5, 0.6) is 5.75 Å². The minimum absolute atomic E-state index is 0.108. The van der Waals surface area contributed by atoms with Crippen LogP contribution in [0.25, 0.3) is 17.1 Å². The van der Waals surface area contributed by atoms with Gasteiger partial charge in [-0.3, -0.25) is 4.57 Å². The Balaban J connectivity index is 1.71. The van der Waals surface area contributed by atoms with E-state index in [9.17, 15) is 0 Å². The van der Waals surface area contributed by atoms with Crippen LogP contribution >= 0.6 is 11.8 Å². The Morgan fingerprint density at radius 1 is 0.844 bits per heavy atom. The van der Waals surface area contributed by atoms with Crippen LogP contribution in [0.2, 0.25) is 0 Å². The molecule has 0 aliphatic heterocycles. The van der Waals surface area contributed by atoms with Gasteiger partial charge in [0.05, 0.1) is 7.11 Å². The van der Waals surface area contributed by atoms with E-state index in [0.29, 0.717) is 0 Å². The number of hydrogen-bond acceptors (Lipinski definition) is 4. The molecular weight excluding hydrogens is 414 g/mol. The lowest BCUT2D eigenvalue weighted by Crippen LogP contribution is -2.10. The van der Waals surface area contributed by atoms with Gasteiger partial charge in [0.15, 0.2) is 11.0 Å². The molecule has 1 aromatic heterocycles. The maximum Gasteiger partial charge on any atom is 0.196 e. The van der Waals surface area contributed by atoms with Gasteiger partial charge in [0.25, 0.3) is 0 Å². The van der Waals surface area contributed by atoms with Crippen molar-refractivity contribution in [2.45, 2.75) is 44.0 Å². The first-order valence-corrected chi connectivity index (χ1v) is 11.7. The summed E-state index contributed by atoms with van der Waals surface area (Å²) < 4.78 is 7.48. The molecule has 0 amide bonds. The predicted molar refractivity (Wildman–Crippen MR) is 133 cm³/mol. The molecule has 0 unspecified atom stereocenters. The summed E-state index contributed by atoms with van der Waals surface area (Å²) >= 11 is 1.69. The number of rotatable bonds is 6. The second-order valence-electron chi connectivity index (χ2n) is 8.94. The minimum atomic E-state index is 0.108. The number of benzene rings is 3. The zero-order valence-corrected chi connectivity index (χ0v) is 20.1. The Hall–Kier alpha value is -3.05. The van der Waals surface area contributed by atoms with Crippen LogP contribution in [0.15, 0.2) is 78.0 Å². The number of methoxy groups -OCH3 is 1. The van der Waals surface area contributed by atoms with Gasteiger partial charge in [-0.2, -0.15) is 0 Å². The first-order chi connectivity index (χ1) is 15.3. The van der Waals surface area contributed by atoms with Crippen LogP contribution in [0, 0.1) is 6.92 Å². The third-order valence-electron chi connectivity index (χ3n) is 5.46. The molecule has 4 rings (SSSR count). The van der Waals surface area contributed by atoms with Gasteiger partial charge in [0.1, 0.15) is 5.75 Å². The Morgan fingerprint density at radius 3 is 2.09 bits per heavy atom. The molecule has 0 atom stereocenters. The van der Waals surface area contributed by atoms with Crippen molar-refractivity contribution < 1.29 is 4.74 Å². The van der Waals surface area contributed by atoms with E-state index in [1.54, 1.807) is 18.9 Å². The SMILES string of the molecule is COc1ccc(-n2c(SCc3ccc(C)cc3)nnc2-c2ccc(C(C)(C)C)cc2)cc1. The molecule has 0 bridgehead atoms. The first-order valence-electron chi connectivity index (χ1n) is 10.7. The summed E-state index contributed by atoms with van der Waals surface area (Å²) in [4.78, 5) is 0. The van der Waals surface area contributed by atoms with E-state index < -0.39 is 0 Å². The molecule has 3 aromatic carbocycles. The van der Waals surface area contributed by atoms with Crippen molar-refractivity contribution in [1.82, 2.24) is 14.8 Å². The highest BCUT2D eigenvalue weighted by Crippen LogP contribution is 2.32. The number of thioether (sulfide) groups is 1. The van der Waals surface area contributed by atoms with Crippen molar-refractivity contribution in [1.29, 1.82) is 0 Å². The molecule has 5 heteroatoms. The standard InChI is InChI=1S/C27H29N3OS/c1-19-6-8-20(9-7-19)18-32-26-29-28-25(21-10-12-22(13-11-21)27(2,3)4)30(26)23-14-16-24(31-5)17-15-23/h6-17H,18H2,1-5H3. The molecule has 1 heterocycles. The molecule has 0 spiro atoms. The van der Waals surface area contributed by atoms with Gasteiger partial charge in [0, 0.05) is 17.0 Å². The average Bonchev–Trinajstić information content (AvgIpc) is 3.22. The normalized spacial score (nSPS) is 11.5. The Kier molecular flexibility index (Phi) is 6.38. The number of ether oxygens (including phenoxy) is 1. The number of hydrogen-bond donors (Lipinski definition) is 0. The fraction of sp³-hybridized carbons (Fsp3) is 0.259. The number of nitrogens with zero attached hydrogens (tertiary/aromatic N) is 3. The quantitative estimate of drug-likeness (QED) is 0.306. The van der Waals surface area contributed by atoms with Gasteiger partial charge >= 0.3 is 0 Å². The summed E-state index contributed by atoms with van der Waals surface area (Å²) in [6.07, 6.45) is 0. The van der Waals surface area contributed by atoms with Crippen molar-refractivity contribution in [2.24, 2.45) is 0 Å². The van der Waals surface area contributed by atoms with E-state index in [1.165, 1.54) is 16.7 Å². The maximum absolute atomic E-state index is 5.35. The minimum Gasteiger partial charge on any atom is -0.497 e. The van der Waals surface area contributed by atoms with Crippen LogP contribution in [0.3, 0.4) is 0 Å². The molecule has 0 fully saturated rings. The highest BCUT2D eigenvalue weighted by Gasteiger charge is 2.18. The lowest BCUT2D eigenvalue weighted by atomic mass is 9.87. The highest BCUT2D eigenvalue weighted by atomic mass is 32.2. The fourth-order valence-electron chi connectivity index (χ4n) is 3.47. The largest absolute Gasteiger partial charge is 0.497 e. The average molecular weight is 444 g/mol. The van der Waals surface area contributed by atoms with Crippen LogP contribution in [0.1, 0.15) is 37.5 Å². The van der Waals surface area contributed by atoms with Crippen molar-refractivity contribution in [3.05, 3.63) is 89.5 Å². The summed E-state index contributed by atoms with van der Waals surface area (Å²) in [5, 5.41) is 10.0. The van der Waals surface area contributed by atoms with Gasteiger partial charge < -0.3 is 4.74 Å². The predicted octanol–water partition coefficient (Wildman–Crippen LogP) is 6.84. The third kappa shape index (κ3) is 4.89. The van der Waals surface area contributed by atoms with E-state index in [2.05, 4.69) is 91.0 Å². The Morgan fingerprint density at radius 2 is 1.50 bits per heavy atom. The summed E-state index contributed by atoms with van der Waals surface area (Å²) in [6.45, 7) is 8.78. The van der Waals surface area contributed by atoms with E-state index in [-0.39, 0.29) is 5.41 Å². The molecule has 0 saturated carbocycles. The number of aryl methyl sites for hydroxylation is 1.